The number of fused-ring (bicyclic) bond motifs is 1. The molecule has 1 aliphatic heterocycles. The van der Waals surface area contributed by atoms with Crippen molar-refractivity contribution in [3.63, 3.8) is 0 Å². The first-order valence-corrected chi connectivity index (χ1v) is 8.72. The molecule has 4 rings (SSSR count). The molecule has 0 amide bonds. The Morgan fingerprint density at radius 2 is 2.04 bits per heavy atom. The lowest BCUT2D eigenvalue weighted by molar-refractivity contribution is 0.211. The summed E-state index contributed by atoms with van der Waals surface area (Å²) in [7, 11) is 1.62. The molecule has 0 aliphatic carbocycles. The van der Waals surface area contributed by atoms with Crippen molar-refractivity contribution >= 4 is 16.7 Å². The van der Waals surface area contributed by atoms with Crippen LogP contribution in [0.15, 0.2) is 42.9 Å². The lowest BCUT2D eigenvalue weighted by Gasteiger charge is -2.32. The Kier molecular flexibility index (Phi) is 4.52. The van der Waals surface area contributed by atoms with Gasteiger partial charge in [-0.1, -0.05) is 12.1 Å². The van der Waals surface area contributed by atoms with Crippen molar-refractivity contribution in [2.45, 2.75) is 25.4 Å². The molecule has 1 aliphatic rings. The zero-order chi connectivity index (χ0) is 17.1. The molecule has 2 N–H and O–H groups in total. The summed E-state index contributed by atoms with van der Waals surface area (Å²) in [5, 5.41) is 4.74. The zero-order valence-corrected chi connectivity index (χ0v) is 14.4. The number of nitrogens with zero attached hydrogens (tertiary/aromatic N) is 3. The van der Waals surface area contributed by atoms with Gasteiger partial charge in [-0.15, -0.1) is 0 Å². The average Bonchev–Trinajstić information content (AvgIpc) is 3.12. The van der Waals surface area contributed by atoms with Crippen molar-refractivity contribution in [3.05, 3.63) is 48.4 Å². The SMILES string of the molecule is COc1nccnc1NC1CCN(Cc2ccc3cc[nH]c3c2)CC1. The van der Waals surface area contributed by atoms with Crippen LogP contribution < -0.4 is 10.1 Å². The third kappa shape index (κ3) is 3.58. The van der Waals surface area contributed by atoms with Crippen LogP contribution in [-0.2, 0) is 6.54 Å². The fourth-order valence-corrected chi connectivity index (χ4v) is 3.45. The Hall–Kier alpha value is -2.60. The predicted molar refractivity (Wildman–Crippen MR) is 98.8 cm³/mol. The topological polar surface area (TPSA) is 66.1 Å². The largest absolute Gasteiger partial charge is 0.478 e. The number of benzene rings is 1. The molecule has 0 atom stereocenters. The minimum Gasteiger partial charge on any atom is -0.478 e. The smallest absolute Gasteiger partial charge is 0.257 e. The number of anilines is 1. The molecule has 1 fully saturated rings. The quantitative estimate of drug-likeness (QED) is 0.749. The first kappa shape index (κ1) is 15.9. The molecule has 1 aromatic carbocycles. The molecule has 0 saturated carbocycles. The summed E-state index contributed by atoms with van der Waals surface area (Å²) in [6.45, 7) is 3.14. The summed E-state index contributed by atoms with van der Waals surface area (Å²) in [5.74, 6) is 1.30. The lowest BCUT2D eigenvalue weighted by Crippen LogP contribution is -2.38. The van der Waals surface area contributed by atoms with Crippen LogP contribution in [0.3, 0.4) is 0 Å². The van der Waals surface area contributed by atoms with E-state index in [9.17, 15) is 0 Å². The molecule has 3 heterocycles. The fraction of sp³-hybridized carbons (Fsp3) is 0.368. The van der Waals surface area contributed by atoms with Gasteiger partial charge in [0.05, 0.1) is 7.11 Å². The number of piperidine rings is 1. The maximum atomic E-state index is 5.27. The Bertz CT molecular complexity index is 838. The molecule has 6 nitrogen and oxygen atoms in total. The van der Waals surface area contributed by atoms with E-state index < -0.39 is 0 Å². The molecule has 25 heavy (non-hydrogen) atoms. The van der Waals surface area contributed by atoms with E-state index in [-0.39, 0.29) is 0 Å². The normalized spacial score (nSPS) is 16.2. The van der Waals surface area contributed by atoms with Gasteiger partial charge in [-0.3, -0.25) is 4.90 Å². The highest BCUT2D eigenvalue weighted by Crippen LogP contribution is 2.22. The van der Waals surface area contributed by atoms with E-state index in [1.165, 1.54) is 16.5 Å². The number of methoxy groups -OCH3 is 1. The van der Waals surface area contributed by atoms with Crippen LogP contribution in [0.2, 0.25) is 0 Å². The number of hydrogen-bond acceptors (Lipinski definition) is 5. The van der Waals surface area contributed by atoms with Gasteiger partial charge in [-0.2, -0.15) is 0 Å². The Labute approximate surface area is 147 Å². The third-order valence-corrected chi connectivity index (χ3v) is 4.81. The van der Waals surface area contributed by atoms with Gasteiger partial charge in [0.1, 0.15) is 0 Å². The molecular weight excluding hydrogens is 314 g/mol. The first-order valence-electron chi connectivity index (χ1n) is 8.72. The minimum atomic E-state index is 0.410. The van der Waals surface area contributed by atoms with Crippen molar-refractivity contribution in [2.24, 2.45) is 0 Å². The number of likely N-dealkylation sites (tertiary alicyclic amines) is 1. The molecular formula is C19H23N5O. The summed E-state index contributed by atoms with van der Waals surface area (Å²) < 4.78 is 5.27. The van der Waals surface area contributed by atoms with E-state index in [1.807, 2.05) is 6.20 Å². The lowest BCUT2D eigenvalue weighted by atomic mass is 10.0. The molecule has 3 aromatic rings. The molecule has 0 spiro atoms. The van der Waals surface area contributed by atoms with Crippen LogP contribution >= 0.6 is 0 Å². The first-order chi connectivity index (χ1) is 12.3. The van der Waals surface area contributed by atoms with Gasteiger partial charge >= 0.3 is 0 Å². The molecule has 0 bridgehead atoms. The molecule has 0 radical (unpaired) electrons. The van der Waals surface area contributed by atoms with Crippen LogP contribution in [-0.4, -0.2) is 46.1 Å². The van der Waals surface area contributed by atoms with Gasteiger partial charge in [-0.05, 0) is 35.9 Å². The van der Waals surface area contributed by atoms with E-state index in [1.54, 1.807) is 19.5 Å². The van der Waals surface area contributed by atoms with E-state index in [0.717, 1.165) is 38.3 Å². The van der Waals surface area contributed by atoms with Crippen molar-refractivity contribution in [3.8, 4) is 5.88 Å². The van der Waals surface area contributed by atoms with Gasteiger partial charge in [-0.25, -0.2) is 9.97 Å². The maximum Gasteiger partial charge on any atom is 0.257 e. The van der Waals surface area contributed by atoms with Crippen LogP contribution in [0.25, 0.3) is 10.9 Å². The number of hydrogen-bond donors (Lipinski definition) is 2. The highest BCUT2D eigenvalue weighted by atomic mass is 16.5. The van der Waals surface area contributed by atoms with Crippen molar-refractivity contribution in [1.29, 1.82) is 0 Å². The summed E-state index contributed by atoms with van der Waals surface area (Å²) in [4.78, 5) is 14.3. The summed E-state index contributed by atoms with van der Waals surface area (Å²) in [5.41, 5.74) is 2.57. The zero-order valence-electron chi connectivity index (χ0n) is 14.4. The predicted octanol–water partition coefficient (Wildman–Crippen LogP) is 3.04. The van der Waals surface area contributed by atoms with Gasteiger partial charge in [0.15, 0.2) is 5.82 Å². The monoisotopic (exact) mass is 337 g/mol. The second-order valence-electron chi connectivity index (χ2n) is 6.51. The summed E-state index contributed by atoms with van der Waals surface area (Å²) in [6.07, 6.45) is 7.51. The van der Waals surface area contributed by atoms with E-state index in [4.69, 9.17) is 4.74 Å². The van der Waals surface area contributed by atoms with Gasteiger partial charge in [0, 0.05) is 49.8 Å². The number of aromatic amines is 1. The van der Waals surface area contributed by atoms with E-state index in [0.29, 0.717) is 11.9 Å². The molecule has 130 valence electrons. The number of rotatable bonds is 5. The van der Waals surface area contributed by atoms with Crippen molar-refractivity contribution in [2.75, 3.05) is 25.5 Å². The Morgan fingerprint density at radius 1 is 1.20 bits per heavy atom. The van der Waals surface area contributed by atoms with Crippen LogP contribution in [0.1, 0.15) is 18.4 Å². The van der Waals surface area contributed by atoms with E-state index >= 15 is 0 Å². The maximum absolute atomic E-state index is 5.27. The number of H-pyrrole nitrogens is 1. The number of nitrogens with one attached hydrogen (secondary N) is 2. The van der Waals surface area contributed by atoms with Crippen LogP contribution in [0, 0.1) is 0 Å². The Morgan fingerprint density at radius 3 is 2.88 bits per heavy atom. The van der Waals surface area contributed by atoms with Crippen molar-refractivity contribution < 1.29 is 4.74 Å². The molecule has 2 aromatic heterocycles. The summed E-state index contributed by atoms with van der Waals surface area (Å²) >= 11 is 0. The highest BCUT2D eigenvalue weighted by Gasteiger charge is 2.20. The van der Waals surface area contributed by atoms with E-state index in [2.05, 4.69) is 49.4 Å². The van der Waals surface area contributed by atoms with Crippen LogP contribution in [0.4, 0.5) is 5.82 Å². The molecule has 6 heteroatoms. The summed E-state index contributed by atoms with van der Waals surface area (Å²) in [6, 6.07) is 9.19. The van der Waals surface area contributed by atoms with Gasteiger partial charge in [0.25, 0.3) is 5.88 Å². The molecule has 1 saturated heterocycles. The second kappa shape index (κ2) is 7.11. The standard InChI is InChI=1S/C19H23N5O/c1-25-19-18(21-8-9-22-19)23-16-5-10-24(11-6-16)13-14-2-3-15-4-7-20-17(15)12-14/h2-4,7-9,12,16,20H,5-6,10-11,13H2,1H3,(H,21,23). The Balaban J connectivity index is 1.33. The van der Waals surface area contributed by atoms with Crippen molar-refractivity contribution in [1.82, 2.24) is 19.9 Å². The second-order valence-corrected chi connectivity index (χ2v) is 6.51. The van der Waals surface area contributed by atoms with Gasteiger partial charge in [0.2, 0.25) is 0 Å². The average molecular weight is 337 g/mol. The molecule has 0 unspecified atom stereocenters. The number of aromatic nitrogens is 3. The minimum absolute atomic E-state index is 0.410. The fourth-order valence-electron chi connectivity index (χ4n) is 3.45. The highest BCUT2D eigenvalue weighted by molar-refractivity contribution is 5.79. The van der Waals surface area contributed by atoms with Crippen LogP contribution in [0.5, 0.6) is 5.88 Å². The number of ether oxygens (including phenoxy) is 1. The third-order valence-electron chi connectivity index (χ3n) is 4.81. The van der Waals surface area contributed by atoms with Gasteiger partial charge < -0.3 is 15.0 Å².